The summed E-state index contributed by atoms with van der Waals surface area (Å²) in [6, 6.07) is 1.63. The van der Waals surface area contributed by atoms with Crippen molar-refractivity contribution in [3.63, 3.8) is 0 Å². The second kappa shape index (κ2) is 6.86. The van der Waals surface area contributed by atoms with Crippen LogP contribution in [0.5, 0.6) is 0 Å². The summed E-state index contributed by atoms with van der Waals surface area (Å²) in [6.45, 7) is 1.36. The topological polar surface area (TPSA) is 54.3 Å². The quantitative estimate of drug-likeness (QED) is 0.822. The molecule has 4 nitrogen and oxygen atoms in total. The molecule has 0 spiro atoms. The molecule has 0 aromatic carbocycles. The van der Waals surface area contributed by atoms with E-state index in [-0.39, 0.29) is 18.3 Å². The molecule has 1 heterocycles. The van der Waals surface area contributed by atoms with Gasteiger partial charge in [-0.25, -0.2) is 0 Å². The number of hydrogen-bond donors (Lipinski definition) is 2. The highest BCUT2D eigenvalue weighted by atomic mass is 79.9. The predicted molar refractivity (Wildman–Crippen MR) is 59.9 cm³/mol. The summed E-state index contributed by atoms with van der Waals surface area (Å²) in [6.07, 6.45) is 1.42. The van der Waals surface area contributed by atoms with Gasteiger partial charge in [0.05, 0.1) is 5.56 Å². The van der Waals surface area contributed by atoms with Gasteiger partial charge in [0.1, 0.15) is 6.26 Å². The highest BCUT2D eigenvalue weighted by Crippen LogP contribution is 2.13. The van der Waals surface area contributed by atoms with Crippen LogP contribution in [0.1, 0.15) is 10.4 Å². The van der Waals surface area contributed by atoms with Crippen LogP contribution in [-0.2, 0) is 0 Å². The van der Waals surface area contributed by atoms with Gasteiger partial charge in [0.15, 0.2) is 4.67 Å². The summed E-state index contributed by atoms with van der Waals surface area (Å²) in [5, 5.41) is 5.66. The number of hydrogen-bond acceptors (Lipinski definition) is 3. The maximum absolute atomic E-state index is 11.3. The van der Waals surface area contributed by atoms with Gasteiger partial charge in [0.25, 0.3) is 5.91 Å². The molecular weight excluding hydrogens is 271 g/mol. The van der Waals surface area contributed by atoms with Crippen LogP contribution in [0, 0.1) is 0 Å². The molecule has 0 aliphatic rings. The first-order valence-electron chi connectivity index (χ1n) is 3.91. The van der Waals surface area contributed by atoms with E-state index in [0.717, 1.165) is 6.54 Å². The third kappa shape index (κ3) is 4.13. The lowest BCUT2D eigenvalue weighted by Gasteiger charge is -2.01. The van der Waals surface area contributed by atoms with Crippen LogP contribution in [0.2, 0.25) is 0 Å². The fourth-order valence-electron chi connectivity index (χ4n) is 0.832. The van der Waals surface area contributed by atoms with Gasteiger partial charge < -0.3 is 15.1 Å². The Hall–Kier alpha value is -0.520. The molecule has 0 bridgehead atoms. The molecule has 0 unspecified atom stereocenters. The number of halogens is 2. The van der Waals surface area contributed by atoms with Crippen molar-refractivity contribution < 1.29 is 9.21 Å². The van der Waals surface area contributed by atoms with E-state index < -0.39 is 0 Å². The summed E-state index contributed by atoms with van der Waals surface area (Å²) in [5.74, 6) is -0.121. The Morgan fingerprint density at radius 3 is 2.79 bits per heavy atom. The Balaban J connectivity index is 0.00000169. The minimum Gasteiger partial charge on any atom is -0.457 e. The van der Waals surface area contributed by atoms with Crippen LogP contribution in [0.4, 0.5) is 0 Å². The smallest absolute Gasteiger partial charge is 0.254 e. The van der Waals surface area contributed by atoms with Crippen LogP contribution >= 0.6 is 28.3 Å². The zero-order chi connectivity index (χ0) is 9.68. The van der Waals surface area contributed by atoms with E-state index in [1.165, 1.54) is 6.26 Å². The molecule has 0 fully saturated rings. The predicted octanol–water partition coefficient (Wildman–Crippen LogP) is 1.41. The zero-order valence-electron chi connectivity index (χ0n) is 7.67. The molecule has 2 N–H and O–H groups in total. The van der Waals surface area contributed by atoms with Gasteiger partial charge in [-0.05, 0) is 23.0 Å². The molecule has 0 saturated carbocycles. The number of amides is 1. The van der Waals surface area contributed by atoms with Crippen molar-refractivity contribution in [3.05, 3.63) is 22.6 Å². The first-order chi connectivity index (χ1) is 6.24. The molecule has 0 radical (unpaired) electrons. The van der Waals surface area contributed by atoms with Gasteiger partial charge in [-0.3, -0.25) is 4.79 Å². The van der Waals surface area contributed by atoms with Crippen molar-refractivity contribution in [2.24, 2.45) is 0 Å². The van der Waals surface area contributed by atoms with Crippen molar-refractivity contribution in [1.82, 2.24) is 10.6 Å². The third-order valence-corrected chi connectivity index (χ3v) is 1.91. The molecule has 14 heavy (non-hydrogen) atoms. The van der Waals surface area contributed by atoms with Crippen molar-refractivity contribution in [2.45, 2.75) is 0 Å². The molecule has 0 atom stereocenters. The highest BCUT2D eigenvalue weighted by molar-refractivity contribution is 9.10. The van der Waals surface area contributed by atoms with E-state index in [1.807, 2.05) is 7.05 Å². The minimum atomic E-state index is -0.121. The number of nitrogens with one attached hydrogen (secondary N) is 2. The summed E-state index contributed by atoms with van der Waals surface area (Å²) in [4.78, 5) is 11.3. The number of rotatable bonds is 4. The molecule has 1 aromatic rings. The van der Waals surface area contributed by atoms with Gasteiger partial charge in [-0.2, -0.15) is 0 Å². The first kappa shape index (κ1) is 13.5. The molecular formula is C8H12BrClN2O2. The number of carbonyl (C=O) groups is 1. The largest absolute Gasteiger partial charge is 0.457 e. The van der Waals surface area contributed by atoms with Crippen LogP contribution in [0.15, 0.2) is 21.4 Å². The molecule has 80 valence electrons. The minimum absolute atomic E-state index is 0. The monoisotopic (exact) mass is 282 g/mol. The van der Waals surface area contributed by atoms with E-state index in [2.05, 4.69) is 26.6 Å². The Morgan fingerprint density at radius 2 is 2.29 bits per heavy atom. The van der Waals surface area contributed by atoms with E-state index in [0.29, 0.717) is 16.8 Å². The van der Waals surface area contributed by atoms with Crippen LogP contribution in [-0.4, -0.2) is 26.0 Å². The van der Waals surface area contributed by atoms with Crippen molar-refractivity contribution >= 4 is 34.2 Å². The van der Waals surface area contributed by atoms with Gasteiger partial charge in [-0.15, -0.1) is 12.4 Å². The second-order valence-corrected chi connectivity index (χ2v) is 3.28. The molecule has 1 rings (SSSR count). The van der Waals surface area contributed by atoms with E-state index >= 15 is 0 Å². The van der Waals surface area contributed by atoms with Gasteiger partial charge >= 0.3 is 0 Å². The highest BCUT2D eigenvalue weighted by Gasteiger charge is 2.07. The van der Waals surface area contributed by atoms with Crippen molar-refractivity contribution in [3.8, 4) is 0 Å². The van der Waals surface area contributed by atoms with E-state index in [9.17, 15) is 4.79 Å². The lowest BCUT2D eigenvalue weighted by atomic mass is 10.3. The number of likely N-dealkylation sites (N-methyl/N-ethyl adjacent to an activating group) is 1. The molecule has 6 heteroatoms. The third-order valence-electron chi connectivity index (χ3n) is 1.49. The Morgan fingerprint density at radius 1 is 1.57 bits per heavy atom. The van der Waals surface area contributed by atoms with Crippen molar-refractivity contribution in [2.75, 3.05) is 20.1 Å². The average molecular weight is 284 g/mol. The number of furan rings is 1. The van der Waals surface area contributed by atoms with Crippen LogP contribution in [0.25, 0.3) is 0 Å². The molecule has 0 saturated heterocycles. The zero-order valence-corrected chi connectivity index (χ0v) is 10.1. The van der Waals surface area contributed by atoms with Crippen molar-refractivity contribution in [1.29, 1.82) is 0 Å². The summed E-state index contributed by atoms with van der Waals surface area (Å²) < 4.78 is 5.49. The van der Waals surface area contributed by atoms with Crippen LogP contribution < -0.4 is 10.6 Å². The fourth-order valence-corrected chi connectivity index (χ4v) is 1.17. The molecule has 1 amide bonds. The molecule has 0 aliphatic carbocycles. The van der Waals surface area contributed by atoms with Gasteiger partial charge in [-0.1, -0.05) is 0 Å². The Labute approximate surface area is 97.0 Å². The van der Waals surface area contributed by atoms with Gasteiger partial charge in [0, 0.05) is 19.2 Å². The fraction of sp³-hybridized carbons (Fsp3) is 0.375. The average Bonchev–Trinajstić information content (AvgIpc) is 2.52. The first-order valence-corrected chi connectivity index (χ1v) is 4.70. The summed E-state index contributed by atoms with van der Waals surface area (Å²) >= 11 is 3.12. The molecule has 0 aliphatic heterocycles. The SMILES string of the molecule is CNCCNC(=O)c1coc(Br)c1.Cl. The second-order valence-electron chi connectivity index (χ2n) is 2.50. The Bertz CT molecular complexity index is 291. The summed E-state index contributed by atoms with van der Waals surface area (Å²) in [7, 11) is 1.83. The molecule has 1 aromatic heterocycles. The van der Waals surface area contributed by atoms with Gasteiger partial charge in [0.2, 0.25) is 0 Å². The van der Waals surface area contributed by atoms with Crippen LogP contribution in [0.3, 0.4) is 0 Å². The van der Waals surface area contributed by atoms with E-state index in [1.54, 1.807) is 6.07 Å². The lowest BCUT2D eigenvalue weighted by Crippen LogP contribution is -2.30. The lowest BCUT2D eigenvalue weighted by molar-refractivity contribution is 0.0953. The summed E-state index contributed by atoms with van der Waals surface area (Å²) in [5.41, 5.74) is 0.531. The number of carbonyl (C=O) groups excluding carboxylic acids is 1. The maximum Gasteiger partial charge on any atom is 0.254 e. The maximum atomic E-state index is 11.3. The standard InChI is InChI=1S/C8H11BrN2O2.ClH/c1-10-2-3-11-8(12)6-4-7(9)13-5-6;/h4-5,10H,2-3H2,1H3,(H,11,12);1H. The van der Waals surface area contributed by atoms with E-state index in [4.69, 9.17) is 4.42 Å². The Kier molecular flexibility index (Phi) is 6.61. The normalized spacial score (nSPS) is 9.29.